The average Bonchev–Trinajstić information content (AvgIpc) is 2.91. The third-order valence-corrected chi connectivity index (χ3v) is 2.68. The quantitative estimate of drug-likeness (QED) is 0.489. The van der Waals surface area contributed by atoms with E-state index < -0.39 is 11.7 Å². The Morgan fingerprint density at radius 3 is 2.85 bits per heavy atom. The highest BCUT2D eigenvalue weighted by Gasteiger charge is 2.58. The fourth-order valence-corrected chi connectivity index (χ4v) is 1.70. The summed E-state index contributed by atoms with van der Waals surface area (Å²) in [7, 11) is 1.58. The molecule has 0 aromatic carbocycles. The highest BCUT2D eigenvalue weighted by atomic mass is 16.7. The molecule has 0 bridgehead atoms. The molecule has 1 N–H and O–H groups in total. The number of epoxide rings is 1. The van der Waals surface area contributed by atoms with E-state index in [9.17, 15) is 5.11 Å². The van der Waals surface area contributed by atoms with Crippen LogP contribution in [0.25, 0.3) is 0 Å². The third-order valence-electron chi connectivity index (χ3n) is 2.68. The van der Waals surface area contributed by atoms with Gasteiger partial charge in [0.05, 0.1) is 6.61 Å². The molecule has 74 valence electrons. The Kier molecular flexibility index (Phi) is 2.15. The van der Waals surface area contributed by atoms with Gasteiger partial charge in [0.15, 0.2) is 6.29 Å². The van der Waals surface area contributed by atoms with Crippen molar-refractivity contribution in [3.05, 3.63) is 12.7 Å². The Balaban J connectivity index is 2.10. The zero-order valence-corrected chi connectivity index (χ0v) is 7.60. The molecule has 4 atom stereocenters. The van der Waals surface area contributed by atoms with Crippen LogP contribution in [0.2, 0.25) is 0 Å². The molecule has 13 heavy (non-hydrogen) atoms. The Morgan fingerprint density at radius 2 is 2.38 bits per heavy atom. The van der Waals surface area contributed by atoms with Gasteiger partial charge < -0.3 is 19.3 Å². The van der Waals surface area contributed by atoms with Crippen LogP contribution >= 0.6 is 0 Å². The van der Waals surface area contributed by atoms with Crippen LogP contribution in [0.4, 0.5) is 0 Å². The standard InChI is InChI=1S/C9H14O4/c1-3-6-8(10)9(5-12-9)4-7(11-2)13-6/h3,6-8,10H,1,4-5H2,2H3/t6-,7+,8-,9-/m1/s1. The summed E-state index contributed by atoms with van der Waals surface area (Å²) >= 11 is 0. The molecule has 0 aromatic heterocycles. The van der Waals surface area contributed by atoms with E-state index in [0.29, 0.717) is 13.0 Å². The van der Waals surface area contributed by atoms with E-state index in [1.807, 2.05) is 0 Å². The lowest BCUT2D eigenvalue weighted by Gasteiger charge is -2.35. The van der Waals surface area contributed by atoms with Gasteiger partial charge in [-0.25, -0.2) is 0 Å². The first-order chi connectivity index (χ1) is 6.22. The molecule has 0 saturated carbocycles. The Hall–Kier alpha value is -0.420. The van der Waals surface area contributed by atoms with Crippen molar-refractivity contribution in [3.63, 3.8) is 0 Å². The van der Waals surface area contributed by atoms with Crippen LogP contribution < -0.4 is 0 Å². The molecule has 2 fully saturated rings. The number of hydrogen-bond acceptors (Lipinski definition) is 4. The average molecular weight is 186 g/mol. The first-order valence-electron chi connectivity index (χ1n) is 4.35. The molecular weight excluding hydrogens is 172 g/mol. The minimum absolute atomic E-state index is 0.297. The van der Waals surface area contributed by atoms with E-state index in [2.05, 4.69) is 6.58 Å². The predicted octanol–water partition coefficient (Wildman–Crippen LogP) is 0.0637. The second-order valence-electron chi connectivity index (χ2n) is 3.50. The van der Waals surface area contributed by atoms with Crippen LogP contribution in [0.15, 0.2) is 12.7 Å². The highest BCUT2D eigenvalue weighted by Crippen LogP contribution is 2.42. The highest BCUT2D eigenvalue weighted by molar-refractivity contribution is 5.08. The zero-order valence-electron chi connectivity index (χ0n) is 7.60. The first-order valence-corrected chi connectivity index (χ1v) is 4.35. The van der Waals surface area contributed by atoms with Crippen molar-refractivity contribution in [1.29, 1.82) is 0 Å². The van der Waals surface area contributed by atoms with Crippen molar-refractivity contribution in [2.24, 2.45) is 0 Å². The summed E-state index contributed by atoms with van der Waals surface area (Å²) in [6, 6.07) is 0. The number of rotatable bonds is 2. The molecule has 4 heteroatoms. The van der Waals surface area contributed by atoms with Gasteiger partial charge in [-0.15, -0.1) is 6.58 Å². The Labute approximate surface area is 77.1 Å². The smallest absolute Gasteiger partial charge is 0.161 e. The van der Waals surface area contributed by atoms with Crippen LogP contribution in [0.1, 0.15) is 6.42 Å². The number of aliphatic hydroxyl groups excluding tert-OH is 1. The lowest BCUT2D eigenvalue weighted by molar-refractivity contribution is -0.219. The Bertz CT molecular complexity index is 212. The van der Waals surface area contributed by atoms with Crippen LogP contribution in [-0.4, -0.2) is 42.9 Å². The normalized spacial score (nSPS) is 49.2. The second kappa shape index (κ2) is 3.06. The van der Waals surface area contributed by atoms with Crippen LogP contribution in [0.3, 0.4) is 0 Å². The molecule has 0 unspecified atom stereocenters. The van der Waals surface area contributed by atoms with E-state index in [4.69, 9.17) is 14.2 Å². The van der Waals surface area contributed by atoms with Gasteiger partial charge in [-0.05, 0) is 0 Å². The molecule has 2 aliphatic heterocycles. The molecule has 2 aliphatic rings. The van der Waals surface area contributed by atoms with E-state index >= 15 is 0 Å². The van der Waals surface area contributed by atoms with Gasteiger partial charge in [-0.3, -0.25) is 0 Å². The minimum Gasteiger partial charge on any atom is -0.387 e. The molecule has 2 saturated heterocycles. The number of ether oxygens (including phenoxy) is 3. The van der Waals surface area contributed by atoms with Crippen LogP contribution in [0.5, 0.6) is 0 Å². The molecule has 1 spiro atoms. The fourth-order valence-electron chi connectivity index (χ4n) is 1.70. The van der Waals surface area contributed by atoms with Crippen LogP contribution in [0, 0.1) is 0 Å². The van der Waals surface area contributed by atoms with Crippen molar-refractivity contribution in [2.75, 3.05) is 13.7 Å². The molecule has 0 radical (unpaired) electrons. The van der Waals surface area contributed by atoms with Gasteiger partial charge in [0.1, 0.15) is 17.8 Å². The lowest BCUT2D eigenvalue weighted by Crippen LogP contribution is -2.50. The maximum Gasteiger partial charge on any atom is 0.161 e. The van der Waals surface area contributed by atoms with E-state index in [-0.39, 0.29) is 12.4 Å². The topological polar surface area (TPSA) is 51.2 Å². The molecule has 2 rings (SSSR count). The monoisotopic (exact) mass is 186 g/mol. The summed E-state index contributed by atoms with van der Waals surface area (Å²) in [6.45, 7) is 4.19. The van der Waals surface area contributed by atoms with Gasteiger partial charge in [0, 0.05) is 13.5 Å². The molecule has 0 aromatic rings. The molecular formula is C9H14O4. The van der Waals surface area contributed by atoms with Gasteiger partial charge in [-0.1, -0.05) is 6.08 Å². The van der Waals surface area contributed by atoms with Gasteiger partial charge in [0.25, 0.3) is 0 Å². The van der Waals surface area contributed by atoms with Crippen LogP contribution in [-0.2, 0) is 14.2 Å². The lowest BCUT2D eigenvalue weighted by atomic mass is 9.92. The molecule has 4 nitrogen and oxygen atoms in total. The van der Waals surface area contributed by atoms with E-state index in [1.165, 1.54) is 0 Å². The number of methoxy groups -OCH3 is 1. The number of hydrogen-bond donors (Lipinski definition) is 1. The van der Waals surface area contributed by atoms with E-state index in [1.54, 1.807) is 13.2 Å². The first kappa shape index (κ1) is 9.15. The summed E-state index contributed by atoms with van der Waals surface area (Å²) in [4.78, 5) is 0. The van der Waals surface area contributed by atoms with Crippen molar-refractivity contribution in [2.45, 2.75) is 30.5 Å². The van der Waals surface area contributed by atoms with E-state index in [0.717, 1.165) is 0 Å². The maximum absolute atomic E-state index is 9.80. The zero-order chi connectivity index (χ0) is 9.47. The summed E-state index contributed by atoms with van der Waals surface area (Å²) in [5.41, 5.74) is -0.433. The molecule has 0 aliphatic carbocycles. The molecule has 2 heterocycles. The second-order valence-corrected chi connectivity index (χ2v) is 3.50. The van der Waals surface area contributed by atoms with Crippen molar-refractivity contribution in [1.82, 2.24) is 0 Å². The van der Waals surface area contributed by atoms with Crippen molar-refractivity contribution < 1.29 is 19.3 Å². The largest absolute Gasteiger partial charge is 0.387 e. The van der Waals surface area contributed by atoms with Gasteiger partial charge >= 0.3 is 0 Å². The maximum atomic E-state index is 9.80. The minimum atomic E-state index is -0.614. The summed E-state index contributed by atoms with van der Waals surface area (Å²) < 4.78 is 15.7. The number of aliphatic hydroxyl groups is 1. The predicted molar refractivity (Wildman–Crippen MR) is 45.2 cm³/mol. The SMILES string of the molecule is C=C[C@H]1O[C@H](OC)C[C@@]2(CO2)[C@@H]1O. The summed E-state index contributed by atoms with van der Waals surface area (Å²) in [5.74, 6) is 0. The van der Waals surface area contributed by atoms with Crippen molar-refractivity contribution in [3.8, 4) is 0 Å². The summed E-state index contributed by atoms with van der Waals surface area (Å²) in [5, 5.41) is 9.80. The molecule has 0 amide bonds. The van der Waals surface area contributed by atoms with Crippen molar-refractivity contribution >= 4 is 0 Å². The Morgan fingerprint density at radius 1 is 1.69 bits per heavy atom. The summed E-state index contributed by atoms with van der Waals surface area (Å²) in [6.07, 6.45) is 0.875. The third kappa shape index (κ3) is 1.40. The van der Waals surface area contributed by atoms with Gasteiger partial charge in [-0.2, -0.15) is 0 Å². The fraction of sp³-hybridized carbons (Fsp3) is 0.778. The van der Waals surface area contributed by atoms with Gasteiger partial charge in [0.2, 0.25) is 0 Å².